The molecule has 0 aliphatic carbocycles. The number of carbonyl (C=O) groups is 1. The lowest BCUT2D eigenvalue weighted by Gasteiger charge is -2.04. The van der Waals surface area contributed by atoms with Crippen molar-refractivity contribution in [3.05, 3.63) is 23.1 Å². The molecule has 2 aromatic heterocycles. The quantitative estimate of drug-likeness (QED) is 0.778. The van der Waals surface area contributed by atoms with Gasteiger partial charge in [-0.25, -0.2) is 0 Å². The molecule has 4 N–H and O–H groups in total. The van der Waals surface area contributed by atoms with Gasteiger partial charge in [0.15, 0.2) is 5.69 Å². The lowest BCUT2D eigenvalue weighted by molar-refractivity contribution is 0.102. The minimum Gasteiger partial charge on any atom is -0.395 e. The van der Waals surface area contributed by atoms with E-state index in [2.05, 4.69) is 20.6 Å². The third-order valence-electron chi connectivity index (χ3n) is 2.87. The zero-order chi connectivity index (χ0) is 14.2. The van der Waals surface area contributed by atoms with Gasteiger partial charge in [-0.3, -0.25) is 14.6 Å². The monoisotopic (exact) mass is 262 g/mol. The molecule has 0 aromatic carbocycles. The molecular formula is C12H18N6O. The van der Waals surface area contributed by atoms with Gasteiger partial charge in [-0.1, -0.05) is 13.8 Å². The summed E-state index contributed by atoms with van der Waals surface area (Å²) in [5.41, 5.74) is 8.13. The van der Waals surface area contributed by atoms with E-state index in [0.717, 1.165) is 11.4 Å². The highest BCUT2D eigenvalue weighted by atomic mass is 16.2. The minimum absolute atomic E-state index is 0.188. The zero-order valence-corrected chi connectivity index (χ0v) is 11.5. The number of nitrogens with one attached hydrogen (secondary N) is 2. The summed E-state index contributed by atoms with van der Waals surface area (Å²) in [6, 6.07) is 1.78. The van der Waals surface area contributed by atoms with Crippen LogP contribution in [0.25, 0.3) is 0 Å². The summed E-state index contributed by atoms with van der Waals surface area (Å²) in [6.45, 7) is 5.82. The average Bonchev–Trinajstić information content (AvgIpc) is 2.82. The van der Waals surface area contributed by atoms with Gasteiger partial charge >= 0.3 is 0 Å². The Hall–Kier alpha value is -2.31. The number of aromatic nitrogens is 4. The molecular weight excluding hydrogens is 244 g/mol. The molecule has 2 heterocycles. The summed E-state index contributed by atoms with van der Waals surface area (Å²) >= 11 is 0. The third kappa shape index (κ3) is 2.44. The smallest absolute Gasteiger partial charge is 0.279 e. The number of rotatable bonds is 3. The van der Waals surface area contributed by atoms with Crippen LogP contribution in [0.1, 0.15) is 41.6 Å². The van der Waals surface area contributed by atoms with Crippen LogP contribution in [0, 0.1) is 6.92 Å². The molecule has 2 rings (SSSR count). The molecule has 19 heavy (non-hydrogen) atoms. The zero-order valence-electron chi connectivity index (χ0n) is 11.5. The number of aryl methyl sites for hydroxylation is 2. The molecule has 0 saturated heterocycles. The Bertz CT molecular complexity index is 610. The number of nitrogen functional groups attached to an aromatic ring is 1. The second-order valence-electron chi connectivity index (χ2n) is 4.80. The van der Waals surface area contributed by atoms with Crippen molar-refractivity contribution in [1.29, 1.82) is 0 Å². The molecule has 7 nitrogen and oxygen atoms in total. The van der Waals surface area contributed by atoms with E-state index < -0.39 is 0 Å². The van der Waals surface area contributed by atoms with Crippen LogP contribution in [0.15, 0.2) is 6.07 Å². The third-order valence-corrected chi connectivity index (χ3v) is 2.87. The summed E-state index contributed by atoms with van der Waals surface area (Å²) < 4.78 is 1.60. The van der Waals surface area contributed by atoms with E-state index in [4.69, 9.17) is 5.73 Å². The van der Waals surface area contributed by atoms with Crippen molar-refractivity contribution in [3.8, 4) is 0 Å². The standard InChI is InChI=1S/C12H18N6O/c1-6(2)10-9(13)11(16-15-10)12(19)14-8-5-7(3)17-18(8)4/h5-6H,13H2,1-4H3,(H,14,19)(H,15,16). The molecule has 0 saturated carbocycles. The Morgan fingerprint density at radius 1 is 1.53 bits per heavy atom. The van der Waals surface area contributed by atoms with Gasteiger partial charge in [-0.05, 0) is 12.8 Å². The number of hydrogen-bond acceptors (Lipinski definition) is 4. The molecule has 1 amide bonds. The first-order chi connectivity index (χ1) is 8.90. The van der Waals surface area contributed by atoms with Crippen molar-refractivity contribution in [3.63, 3.8) is 0 Å². The van der Waals surface area contributed by atoms with Crippen LogP contribution >= 0.6 is 0 Å². The number of carbonyl (C=O) groups excluding carboxylic acids is 1. The Labute approximate surface area is 111 Å². The Morgan fingerprint density at radius 3 is 2.68 bits per heavy atom. The Morgan fingerprint density at radius 2 is 2.21 bits per heavy atom. The molecule has 0 unspecified atom stereocenters. The minimum atomic E-state index is -0.344. The first-order valence-electron chi connectivity index (χ1n) is 6.06. The Balaban J connectivity index is 2.23. The van der Waals surface area contributed by atoms with Crippen molar-refractivity contribution >= 4 is 17.4 Å². The van der Waals surface area contributed by atoms with E-state index >= 15 is 0 Å². The summed E-state index contributed by atoms with van der Waals surface area (Å²) in [5, 5.41) is 13.7. The van der Waals surface area contributed by atoms with Crippen molar-refractivity contribution in [2.45, 2.75) is 26.7 Å². The van der Waals surface area contributed by atoms with Crippen molar-refractivity contribution < 1.29 is 4.79 Å². The number of H-pyrrole nitrogens is 1. The second-order valence-corrected chi connectivity index (χ2v) is 4.80. The molecule has 7 heteroatoms. The topological polar surface area (TPSA) is 102 Å². The maximum atomic E-state index is 12.1. The van der Waals surface area contributed by atoms with Crippen LogP contribution in [0.4, 0.5) is 11.5 Å². The van der Waals surface area contributed by atoms with E-state index in [1.54, 1.807) is 17.8 Å². The van der Waals surface area contributed by atoms with Crippen LogP contribution in [0.5, 0.6) is 0 Å². The van der Waals surface area contributed by atoms with Gasteiger partial charge in [0.25, 0.3) is 5.91 Å². The fourth-order valence-corrected chi connectivity index (χ4v) is 1.88. The summed E-state index contributed by atoms with van der Waals surface area (Å²) in [6.07, 6.45) is 0. The van der Waals surface area contributed by atoms with Gasteiger partial charge < -0.3 is 11.1 Å². The van der Waals surface area contributed by atoms with Crippen LogP contribution in [0.3, 0.4) is 0 Å². The molecule has 0 atom stereocenters. The number of aromatic amines is 1. The predicted molar refractivity (Wildman–Crippen MR) is 73.0 cm³/mol. The van der Waals surface area contributed by atoms with Gasteiger partial charge in [0, 0.05) is 13.1 Å². The number of nitrogens with two attached hydrogens (primary N) is 1. The van der Waals surface area contributed by atoms with Crippen LogP contribution in [-0.2, 0) is 7.05 Å². The van der Waals surface area contributed by atoms with Crippen LogP contribution in [0.2, 0.25) is 0 Å². The van der Waals surface area contributed by atoms with Crippen LogP contribution in [-0.4, -0.2) is 25.9 Å². The maximum Gasteiger partial charge on any atom is 0.279 e. The van der Waals surface area contributed by atoms with E-state index in [9.17, 15) is 4.79 Å². The average molecular weight is 262 g/mol. The van der Waals surface area contributed by atoms with Gasteiger partial charge in [-0.15, -0.1) is 0 Å². The number of amides is 1. The fraction of sp³-hybridized carbons (Fsp3) is 0.417. The first-order valence-corrected chi connectivity index (χ1v) is 6.06. The molecule has 0 bridgehead atoms. The molecule has 0 fully saturated rings. The van der Waals surface area contributed by atoms with Crippen molar-refractivity contribution in [1.82, 2.24) is 20.0 Å². The van der Waals surface area contributed by atoms with Crippen LogP contribution < -0.4 is 11.1 Å². The predicted octanol–water partition coefficient (Wildman–Crippen LogP) is 1.41. The summed E-state index contributed by atoms with van der Waals surface area (Å²) in [5.74, 6) is 0.452. The highest BCUT2D eigenvalue weighted by Crippen LogP contribution is 2.22. The van der Waals surface area contributed by atoms with E-state index in [-0.39, 0.29) is 17.5 Å². The van der Waals surface area contributed by atoms with E-state index in [1.165, 1.54) is 0 Å². The summed E-state index contributed by atoms with van der Waals surface area (Å²) in [4.78, 5) is 12.1. The lowest BCUT2D eigenvalue weighted by Crippen LogP contribution is -2.16. The van der Waals surface area contributed by atoms with Gasteiger partial charge in [-0.2, -0.15) is 10.2 Å². The van der Waals surface area contributed by atoms with Gasteiger partial charge in [0.1, 0.15) is 5.82 Å². The number of anilines is 2. The van der Waals surface area contributed by atoms with E-state index in [0.29, 0.717) is 11.5 Å². The molecule has 102 valence electrons. The lowest BCUT2D eigenvalue weighted by atomic mass is 10.1. The fourth-order valence-electron chi connectivity index (χ4n) is 1.88. The Kier molecular flexibility index (Phi) is 3.28. The molecule has 0 radical (unpaired) electrons. The molecule has 0 spiro atoms. The van der Waals surface area contributed by atoms with Gasteiger partial charge in [0.05, 0.1) is 17.1 Å². The van der Waals surface area contributed by atoms with Crippen molar-refractivity contribution in [2.24, 2.45) is 7.05 Å². The maximum absolute atomic E-state index is 12.1. The molecule has 2 aromatic rings. The first kappa shape index (κ1) is 13.1. The highest BCUT2D eigenvalue weighted by molar-refractivity contribution is 6.06. The number of hydrogen-bond donors (Lipinski definition) is 3. The molecule has 0 aliphatic heterocycles. The summed E-state index contributed by atoms with van der Waals surface area (Å²) in [7, 11) is 1.76. The largest absolute Gasteiger partial charge is 0.395 e. The van der Waals surface area contributed by atoms with E-state index in [1.807, 2.05) is 20.8 Å². The number of nitrogens with zero attached hydrogens (tertiary/aromatic N) is 3. The van der Waals surface area contributed by atoms with Gasteiger partial charge in [0.2, 0.25) is 0 Å². The second kappa shape index (κ2) is 4.75. The SMILES string of the molecule is Cc1cc(NC(=O)c2n[nH]c(C(C)C)c2N)n(C)n1. The molecule has 0 aliphatic rings. The highest BCUT2D eigenvalue weighted by Gasteiger charge is 2.19. The normalized spacial score (nSPS) is 11.0. The van der Waals surface area contributed by atoms with Crippen molar-refractivity contribution in [2.75, 3.05) is 11.1 Å².